The normalized spacial score (nSPS) is 16.3. The maximum Gasteiger partial charge on any atom is 0.303 e. The molecule has 4 unspecified atom stereocenters. The van der Waals surface area contributed by atoms with Crippen LogP contribution in [0.4, 0.5) is 14.5 Å². The Labute approximate surface area is 252 Å². The predicted octanol–water partition coefficient (Wildman–Crippen LogP) is 1.50. The van der Waals surface area contributed by atoms with Gasteiger partial charge in [-0.1, -0.05) is 30.3 Å². The number of likely N-dealkylation sites (tertiary alicyclic amines) is 1. The molecule has 0 aliphatic carbocycles. The van der Waals surface area contributed by atoms with Gasteiger partial charge in [-0.15, -0.1) is 0 Å². The van der Waals surface area contributed by atoms with Crippen LogP contribution in [0.2, 0.25) is 0 Å². The van der Waals surface area contributed by atoms with E-state index < -0.39 is 77.7 Å². The van der Waals surface area contributed by atoms with Crippen LogP contribution in [-0.2, 0) is 35.2 Å². The quantitative estimate of drug-likeness (QED) is 0.227. The molecule has 0 bridgehead atoms. The lowest BCUT2D eigenvalue weighted by Gasteiger charge is -2.29. The van der Waals surface area contributed by atoms with Crippen molar-refractivity contribution in [1.29, 1.82) is 0 Å². The van der Waals surface area contributed by atoms with E-state index in [4.69, 9.17) is 5.11 Å². The first-order valence-electron chi connectivity index (χ1n) is 14.1. The van der Waals surface area contributed by atoms with Crippen LogP contribution in [0.25, 0.3) is 0 Å². The highest BCUT2D eigenvalue weighted by Crippen LogP contribution is 2.20. The fourth-order valence-corrected chi connectivity index (χ4v) is 4.69. The number of halogens is 2. The average molecular weight is 616 g/mol. The summed E-state index contributed by atoms with van der Waals surface area (Å²) in [5.41, 5.74) is 0.436. The fraction of sp³-hybridized carbons (Fsp3) is 0.400. The fourth-order valence-electron chi connectivity index (χ4n) is 4.69. The molecule has 0 saturated carbocycles. The smallest absolute Gasteiger partial charge is 0.303 e. The number of carboxylic acids is 1. The van der Waals surface area contributed by atoms with Crippen molar-refractivity contribution < 1.29 is 42.7 Å². The summed E-state index contributed by atoms with van der Waals surface area (Å²) in [6, 6.07) is 7.20. The number of carbonyl (C=O) groups excluding carboxylic acids is 5. The Hall–Kier alpha value is -4.88. The van der Waals surface area contributed by atoms with Crippen LogP contribution in [0.3, 0.4) is 0 Å². The van der Waals surface area contributed by atoms with Gasteiger partial charge >= 0.3 is 5.97 Å². The number of aliphatic carboxylic acids is 1. The van der Waals surface area contributed by atoms with Gasteiger partial charge in [0.2, 0.25) is 29.5 Å². The first kappa shape index (κ1) is 33.6. The molecule has 0 radical (unpaired) electrons. The summed E-state index contributed by atoms with van der Waals surface area (Å²) in [5.74, 6) is -6.20. The molecule has 236 valence electrons. The van der Waals surface area contributed by atoms with E-state index >= 15 is 0 Å². The van der Waals surface area contributed by atoms with Crippen LogP contribution in [0.5, 0.6) is 0 Å². The van der Waals surface area contributed by atoms with Gasteiger partial charge in [0.1, 0.15) is 35.8 Å². The number of carboxylic acid groups (broad SMARTS) is 1. The molecule has 12 nitrogen and oxygen atoms in total. The van der Waals surface area contributed by atoms with Gasteiger partial charge in [-0.25, -0.2) is 8.78 Å². The zero-order valence-electron chi connectivity index (χ0n) is 24.3. The molecule has 4 atom stereocenters. The second-order valence-corrected chi connectivity index (χ2v) is 10.5. The predicted molar refractivity (Wildman–Crippen MR) is 154 cm³/mol. The van der Waals surface area contributed by atoms with Gasteiger partial charge in [0.15, 0.2) is 0 Å². The third-order valence-corrected chi connectivity index (χ3v) is 7.01. The van der Waals surface area contributed by atoms with Crippen molar-refractivity contribution in [3.63, 3.8) is 0 Å². The Bertz CT molecular complexity index is 1390. The van der Waals surface area contributed by atoms with E-state index in [1.165, 1.54) is 18.7 Å². The summed E-state index contributed by atoms with van der Waals surface area (Å²) in [5, 5.41) is 18.6. The maximum absolute atomic E-state index is 14.2. The second kappa shape index (κ2) is 15.5. The van der Waals surface area contributed by atoms with Crippen LogP contribution in [0, 0.1) is 11.6 Å². The van der Waals surface area contributed by atoms with Crippen LogP contribution in [0.1, 0.15) is 45.1 Å². The molecule has 0 aromatic heterocycles. The van der Waals surface area contributed by atoms with Crippen molar-refractivity contribution in [2.24, 2.45) is 0 Å². The molecule has 2 aromatic rings. The molecule has 14 heteroatoms. The lowest BCUT2D eigenvalue weighted by molar-refractivity contribution is -0.142. The molecule has 3 rings (SSSR count). The number of hydrogen-bond acceptors (Lipinski definition) is 6. The number of carbonyl (C=O) groups is 6. The van der Waals surface area contributed by atoms with Crippen molar-refractivity contribution >= 4 is 41.2 Å². The zero-order chi connectivity index (χ0) is 32.4. The highest BCUT2D eigenvalue weighted by Gasteiger charge is 2.38. The van der Waals surface area contributed by atoms with Gasteiger partial charge in [0.05, 0.1) is 12.1 Å². The van der Waals surface area contributed by atoms with E-state index in [-0.39, 0.29) is 25.1 Å². The topological polar surface area (TPSA) is 174 Å². The van der Waals surface area contributed by atoms with Gasteiger partial charge in [-0.05, 0) is 44.4 Å². The zero-order valence-corrected chi connectivity index (χ0v) is 24.3. The molecular formula is C30H35F2N5O7. The Kier molecular flexibility index (Phi) is 11.9. The number of nitrogens with one attached hydrogen (secondary N) is 4. The summed E-state index contributed by atoms with van der Waals surface area (Å²) in [4.78, 5) is 76.2. The van der Waals surface area contributed by atoms with Crippen molar-refractivity contribution in [2.45, 2.75) is 70.1 Å². The first-order chi connectivity index (χ1) is 20.8. The summed E-state index contributed by atoms with van der Waals surface area (Å²) in [7, 11) is 0. The molecule has 5 N–H and O–H groups in total. The highest BCUT2D eigenvalue weighted by atomic mass is 19.1. The molecule has 2 aromatic carbocycles. The van der Waals surface area contributed by atoms with E-state index in [0.29, 0.717) is 24.5 Å². The SMILES string of the molecule is CC(NC(=O)CCC(=O)O)C(=O)NC(C)C(=O)N1CCCC1C(=O)NC(Cc1ccccc1)C(=O)Nc1ccc(F)cc1F. The van der Waals surface area contributed by atoms with Crippen LogP contribution >= 0.6 is 0 Å². The standard InChI is InChI=1S/C30H35F2N5O7/c1-17(33-25(38)12-13-26(39)40)27(41)34-18(2)30(44)37-14-6-9-24(37)29(43)36-23(15-19-7-4-3-5-8-19)28(42)35-22-11-10-20(31)16-21(22)32/h3-5,7-8,10-11,16-18,23-24H,6,9,12-15H2,1-2H3,(H,33,38)(H,34,41)(H,35,42)(H,36,43)(H,39,40). The maximum atomic E-state index is 14.2. The van der Waals surface area contributed by atoms with Gasteiger partial charge < -0.3 is 31.3 Å². The van der Waals surface area contributed by atoms with Gasteiger partial charge in [0, 0.05) is 25.5 Å². The van der Waals surface area contributed by atoms with Crippen molar-refractivity contribution in [3.05, 3.63) is 65.7 Å². The Morgan fingerprint density at radius 2 is 1.61 bits per heavy atom. The highest BCUT2D eigenvalue weighted by molar-refractivity contribution is 5.99. The number of rotatable bonds is 13. The molecule has 0 spiro atoms. The number of amides is 5. The molecule has 5 amide bonds. The minimum atomic E-state index is -1.17. The average Bonchev–Trinajstić information content (AvgIpc) is 3.47. The Morgan fingerprint density at radius 1 is 0.909 bits per heavy atom. The summed E-state index contributed by atoms with van der Waals surface area (Å²) < 4.78 is 27.6. The number of anilines is 1. The van der Waals surface area contributed by atoms with E-state index in [2.05, 4.69) is 21.3 Å². The molecule has 44 heavy (non-hydrogen) atoms. The molecule has 1 aliphatic heterocycles. The molecule has 1 aliphatic rings. The largest absolute Gasteiger partial charge is 0.481 e. The van der Waals surface area contributed by atoms with Gasteiger partial charge in [0.25, 0.3) is 0 Å². The van der Waals surface area contributed by atoms with Gasteiger partial charge in [-0.2, -0.15) is 0 Å². The number of hydrogen-bond donors (Lipinski definition) is 5. The van der Waals surface area contributed by atoms with Crippen LogP contribution in [-0.4, -0.2) is 76.2 Å². The summed E-state index contributed by atoms with van der Waals surface area (Å²) in [6.07, 6.45) is 0.112. The Balaban J connectivity index is 1.66. The molecule has 1 heterocycles. The van der Waals surface area contributed by atoms with E-state index in [1.54, 1.807) is 30.3 Å². The Morgan fingerprint density at radius 3 is 2.27 bits per heavy atom. The molecular weight excluding hydrogens is 580 g/mol. The lowest BCUT2D eigenvalue weighted by Crippen LogP contribution is -2.56. The van der Waals surface area contributed by atoms with Crippen LogP contribution in [0.15, 0.2) is 48.5 Å². The molecule has 1 fully saturated rings. The lowest BCUT2D eigenvalue weighted by atomic mass is 10.0. The van der Waals surface area contributed by atoms with E-state index in [0.717, 1.165) is 12.1 Å². The molecule has 1 saturated heterocycles. The van der Waals surface area contributed by atoms with Crippen LogP contribution < -0.4 is 21.3 Å². The number of nitrogens with zero attached hydrogens (tertiary/aromatic N) is 1. The first-order valence-corrected chi connectivity index (χ1v) is 14.1. The van der Waals surface area contributed by atoms with E-state index in [1.807, 2.05) is 0 Å². The third-order valence-electron chi connectivity index (χ3n) is 7.01. The second-order valence-electron chi connectivity index (χ2n) is 10.5. The number of benzene rings is 2. The van der Waals surface area contributed by atoms with Crippen molar-refractivity contribution in [2.75, 3.05) is 11.9 Å². The minimum Gasteiger partial charge on any atom is -0.481 e. The van der Waals surface area contributed by atoms with Crippen molar-refractivity contribution in [3.8, 4) is 0 Å². The minimum absolute atomic E-state index is 0.0461. The summed E-state index contributed by atoms with van der Waals surface area (Å²) >= 11 is 0. The van der Waals surface area contributed by atoms with Gasteiger partial charge in [-0.3, -0.25) is 28.8 Å². The monoisotopic (exact) mass is 615 g/mol. The summed E-state index contributed by atoms with van der Waals surface area (Å²) in [6.45, 7) is 3.03. The van der Waals surface area contributed by atoms with E-state index in [9.17, 15) is 37.5 Å². The third kappa shape index (κ3) is 9.57. The van der Waals surface area contributed by atoms with Crippen molar-refractivity contribution in [1.82, 2.24) is 20.9 Å².